The smallest absolute Gasteiger partial charge is 0.238 e. The lowest BCUT2D eigenvalue weighted by Gasteiger charge is -2.39. The zero-order valence-corrected chi connectivity index (χ0v) is 23.6. The summed E-state index contributed by atoms with van der Waals surface area (Å²) in [5, 5.41) is 3.09. The van der Waals surface area contributed by atoms with Gasteiger partial charge in [0.2, 0.25) is 5.91 Å². The van der Waals surface area contributed by atoms with Crippen molar-refractivity contribution in [1.82, 2.24) is 0 Å². The van der Waals surface area contributed by atoms with E-state index in [1.54, 1.807) is 43.5 Å². The molecule has 0 saturated carbocycles. The fourth-order valence-corrected chi connectivity index (χ4v) is 7.28. The molecule has 4 atom stereocenters. The molecule has 6 nitrogen and oxygen atoms in total. The van der Waals surface area contributed by atoms with Crippen molar-refractivity contribution in [2.45, 2.75) is 31.3 Å². The molecule has 0 unspecified atom stereocenters. The summed E-state index contributed by atoms with van der Waals surface area (Å²) in [6.07, 6.45) is 2.08. The molecule has 6 heteroatoms. The zero-order chi connectivity index (χ0) is 29.2. The summed E-state index contributed by atoms with van der Waals surface area (Å²) in [6, 6.07) is 28.2. The number of anilines is 2. The van der Waals surface area contributed by atoms with Gasteiger partial charge >= 0.3 is 0 Å². The molecular weight excluding hydrogens is 524 g/mol. The molecule has 3 aliphatic heterocycles. The van der Waals surface area contributed by atoms with Crippen molar-refractivity contribution in [1.29, 1.82) is 0 Å². The molecule has 0 bridgehead atoms. The van der Waals surface area contributed by atoms with Crippen LogP contribution in [0.25, 0.3) is 5.57 Å². The Labute approximate surface area is 244 Å². The maximum absolute atomic E-state index is 14.9. The molecule has 4 aromatic rings. The average molecular weight is 555 g/mol. The van der Waals surface area contributed by atoms with Gasteiger partial charge in [0.15, 0.2) is 11.6 Å². The number of fused-ring (bicyclic) bond motifs is 6. The van der Waals surface area contributed by atoms with Gasteiger partial charge in [0, 0.05) is 28.1 Å². The van der Waals surface area contributed by atoms with Crippen LogP contribution in [0.5, 0.6) is 5.75 Å². The average Bonchev–Trinajstić information content (AvgIpc) is 3.49. The van der Waals surface area contributed by atoms with Crippen LogP contribution in [0.1, 0.15) is 44.3 Å². The van der Waals surface area contributed by atoms with Gasteiger partial charge in [-0.1, -0.05) is 78.4 Å². The first-order valence-electron chi connectivity index (χ1n) is 14.1. The van der Waals surface area contributed by atoms with E-state index in [9.17, 15) is 14.4 Å². The monoisotopic (exact) mass is 554 g/mol. The van der Waals surface area contributed by atoms with E-state index in [1.165, 1.54) is 0 Å². The normalized spacial score (nSPS) is 23.5. The van der Waals surface area contributed by atoms with Crippen LogP contribution in [0, 0.1) is 12.8 Å². The van der Waals surface area contributed by atoms with Crippen LogP contribution in [0.2, 0.25) is 0 Å². The van der Waals surface area contributed by atoms with Crippen LogP contribution in [-0.2, 0) is 10.2 Å². The summed E-state index contributed by atoms with van der Waals surface area (Å²) in [7, 11) is 1.55. The largest absolute Gasteiger partial charge is 0.497 e. The first-order valence-corrected chi connectivity index (χ1v) is 14.1. The molecule has 0 aliphatic carbocycles. The number of nitrogens with one attached hydrogen (secondary N) is 1. The lowest BCUT2D eigenvalue weighted by atomic mass is 9.64. The van der Waals surface area contributed by atoms with Gasteiger partial charge in [-0.2, -0.15) is 0 Å². The molecule has 4 aromatic carbocycles. The lowest BCUT2D eigenvalue weighted by molar-refractivity contribution is -0.121. The van der Waals surface area contributed by atoms with Crippen LogP contribution in [0.15, 0.2) is 103 Å². The summed E-state index contributed by atoms with van der Waals surface area (Å²) >= 11 is 0. The number of para-hydroxylation sites is 1. The van der Waals surface area contributed by atoms with Crippen molar-refractivity contribution in [2.75, 3.05) is 17.3 Å². The standard InChI is InChI=1S/C36H30N2O4/c1-21-16-17-29-26(18-21)22(2)19-30-36(27-14-7-8-15-28(27)37-35(36)41)31(33(39)24-12-9-13-25(20-24)42-3)32(38(29)30)34(40)23-10-5-4-6-11-23/h4-20,30-32H,1-3H3,(H,37,41)/t30-,31-,32+,36+/m0/s1. The number of allylic oxidation sites excluding steroid dienone is 1. The van der Waals surface area contributed by atoms with E-state index < -0.39 is 23.4 Å². The molecule has 0 aromatic heterocycles. The Kier molecular flexibility index (Phi) is 5.91. The number of ketones is 2. The highest BCUT2D eigenvalue weighted by Crippen LogP contribution is 2.59. The molecule has 1 spiro atoms. The van der Waals surface area contributed by atoms with E-state index in [2.05, 4.69) is 17.5 Å². The van der Waals surface area contributed by atoms with Crippen LogP contribution >= 0.6 is 0 Å². The maximum Gasteiger partial charge on any atom is 0.238 e. The third-order valence-corrected chi connectivity index (χ3v) is 9.10. The van der Waals surface area contributed by atoms with Gasteiger partial charge in [-0.25, -0.2) is 0 Å². The predicted molar refractivity (Wildman–Crippen MR) is 163 cm³/mol. The maximum atomic E-state index is 14.9. The first kappa shape index (κ1) is 26.0. The molecule has 1 N–H and O–H groups in total. The highest BCUT2D eigenvalue weighted by atomic mass is 16.5. The SMILES string of the molecule is COc1cccc(C(=O)[C@@H]2[C@H](C(=O)c3ccccc3)N3c4ccc(C)cc4C(C)=C[C@H]3[C@@]23C(=O)Nc2ccccc23)c1. The lowest BCUT2D eigenvalue weighted by Crippen LogP contribution is -2.51. The number of aryl methyl sites for hydroxylation is 1. The van der Waals surface area contributed by atoms with E-state index in [-0.39, 0.29) is 17.5 Å². The molecule has 3 heterocycles. The Morgan fingerprint density at radius 2 is 1.57 bits per heavy atom. The molecule has 3 aliphatic rings. The van der Waals surface area contributed by atoms with Crippen molar-refractivity contribution in [3.8, 4) is 5.75 Å². The quantitative estimate of drug-likeness (QED) is 0.295. The third-order valence-electron chi connectivity index (χ3n) is 9.10. The number of carbonyl (C=O) groups excluding carboxylic acids is 3. The Bertz CT molecular complexity index is 1810. The van der Waals surface area contributed by atoms with Gasteiger partial charge in [0.1, 0.15) is 17.2 Å². The fourth-order valence-electron chi connectivity index (χ4n) is 7.28. The van der Waals surface area contributed by atoms with Crippen molar-refractivity contribution >= 4 is 34.4 Å². The highest BCUT2D eigenvalue weighted by Gasteiger charge is 2.70. The highest BCUT2D eigenvalue weighted by molar-refractivity contribution is 6.18. The topological polar surface area (TPSA) is 75.7 Å². The number of amides is 1. The molecule has 1 amide bonds. The van der Waals surface area contributed by atoms with Crippen LogP contribution < -0.4 is 15.0 Å². The van der Waals surface area contributed by atoms with Gasteiger partial charge in [-0.3, -0.25) is 14.4 Å². The Hall–Kier alpha value is -4.97. The number of Topliss-reactive ketones (excluding diaryl/α,β-unsaturated/α-hetero) is 2. The molecule has 208 valence electrons. The minimum Gasteiger partial charge on any atom is -0.497 e. The van der Waals surface area contributed by atoms with Crippen molar-refractivity contribution in [3.63, 3.8) is 0 Å². The molecule has 1 saturated heterocycles. The Balaban J connectivity index is 1.56. The molecule has 42 heavy (non-hydrogen) atoms. The van der Waals surface area contributed by atoms with Crippen molar-refractivity contribution in [3.05, 3.63) is 131 Å². The minimum absolute atomic E-state index is 0.199. The van der Waals surface area contributed by atoms with Gasteiger partial charge < -0.3 is 15.0 Å². The molecule has 7 rings (SSSR count). The second-order valence-electron chi connectivity index (χ2n) is 11.3. The Morgan fingerprint density at radius 1 is 0.833 bits per heavy atom. The molecule has 1 fully saturated rings. The van der Waals surface area contributed by atoms with E-state index in [0.29, 0.717) is 22.6 Å². The number of carbonyl (C=O) groups is 3. The summed E-state index contributed by atoms with van der Waals surface area (Å²) in [5.41, 5.74) is 4.87. The number of hydrogen-bond acceptors (Lipinski definition) is 5. The van der Waals surface area contributed by atoms with E-state index in [0.717, 1.165) is 28.0 Å². The van der Waals surface area contributed by atoms with Crippen LogP contribution in [-0.4, -0.2) is 36.7 Å². The predicted octanol–water partition coefficient (Wildman–Crippen LogP) is 6.25. The van der Waals surface area contributed by atoms with Crippen molar-refractivity contribution < 1.29 is 19.1 Å². The fraction of sp³-hybridized carbons (Fsp3) is 0.194. The third kappa shape index (κ3) is 3.54. The number of nitrogens with zero attached hydrogens (tertiary/aromatic N) is 1. The van der Waals surface area contributed by atoms with Crippen molar-refractivity contribution in [2.24, 2.45) is 5.92 Å². The number of benzene rings is 4. The number of rotatable bonds is 5. The summed E-state index contributed by atoms with van der Waals surface area (Å²) in [4.78, 5) is 46.2. The Morgan fingerprint density at radius 3 is 2.36 bits per heavy atom. The van der Waals surface area contributed by atoms with E-state index in [4.69, 9.17) is 4.74 Å². The number of methoxy groups -OCH3 is 1. The van der Waals surface area contributed by atoms with Gasteiger partial charge in [0.25, 0.3) is 0 Å². The zero-order valence-electron chi connectivity index (χ0n) is 23.6. The first-order chi connectivity index (χ1) is 20.4. The minimum atomic E-state index is -1.35. The second-order valence-corrected chi connectivity index (χ2v) is 11.3. The summed E-state index contributed by atoms with van der Waals surface area (Å²) < 4.78 is 5.45. The molecular formula is C36H30N2O4. The van der Waals surface area contributed by atoms with E-state index in [1.807, 2.05) is 73.3 Å². The second kappa shape index (κ2) is 9.55. The van der Waals surface area contributed by atoms with Crippen LogP contribution in [0.4, 0.5) is 11.4 Å². The van der Waals surface area contributed by atoms with Crippen LogP contribution in [0.3, 0.4) is 0 Å². The number of hydrogen-bond donors (Lipinski definition) is 1. The van der Waals surface area contributed by atoms with E-state index >= 15 is 0 Å². The number of ether oxygens (including phenoxy) is 1. The molecule has 0 radical (unpaired) electrons. The summed E-state index contributed by atoms with van der Waals surface area (Å²) in [6.45, 7) is 4.07. The van der Waals surface area contributed by atoms with Gasteiger partial charge in [-0.15, -0.1) is 0 Å². The summed E-state index contributed by atoms with van der Waals surface area (Å²) in [5.74, 6) is -1.24. The van der Waals surface area contributed by atoms with Gasteiger partial charge in [-0.05, 0) is 55.3 Å². The van der Waals surface area contributed by atoms with Gasteiger partial charge in [0.05, 0.1) is 19.1 Å².